The number of thioether (sulfide) groups is 1. The van der Waals surface area contributed by atoms with Gasteiger partial charge in [0.2, 0.25) is 11.8 Å². The highest BCUT2D eigenvalue weighted by molar-refractivity contribution is 7.98. The number of hydrogen-bond donors (Lipinski definition) is 2. The standard InChI is InChI=1S/C27H45N3O4S/c1-9-11-13-28-24(31)23(21-17-19(3)16-20(4)18-21)30(14-10-2)25(32)22(12-15-35-8)29-26(33)34-27(5,6)7/h16-18,22-23H,9-15H2,1-8H3,(H,28,31)(H,29,33). The van der Waals surface area contributed by atoms with E-state index in [1.54, 1.807) is 37.4 Å². The van der Waals surface area contributed by atoms with E-state index < -0.39 is 23.8 Å². The van der Waals surface area contributed by atoms with Crippen LogP contribution in [0.25, 0.3) is 0 Å². The third-order valence-electron chi connectivity index (χ3n) is 5.30. The van der Waals surface area contributed by atoms with Gasteiger partial charge in [0, 0.05) is 13.1 Å². The predicted octanol–water partition coefficient (Wildman–Crippen LogP) is 5.15. The van der Waals surface area contributed by atoms with Crippen molar-refractivity contribution in [2.24, 2.45) is 0 Å². The molecule has 0 saturated carbocycles. The summed E-state index contributed by atoms with van der Waals surface area (Å²) in [6, 6.07) is 4.40. The summed E-state index contributed by atoms with van der Waals surface area (Å²) in [5.41, 5.74) is 2.16. The topological polar surface area (TPSA) is 87.7 Å². The summed E-state index contributed by atoms with van der Waals surface area (Å²) in [5, 5.41) is 5.79. The maximum atomic E-state index is 13.9. The average molecular weight is 508 g/mol. The van der Waals surface area contributed by atoms with Crippen LogP contribution in [0.3, 0.4) is 0 Å². The van der Waals surface area contributed by atoms with Crippen LogP contribution < -0.4 is 10.6 Å². The van der Waals surface area contributed by atoms with Crippen molar-refractivity contribution in [2.45, 2.75) is 91.8 Å². The van der Waals surface area contributed by atoms with E-state index in [4.69, 9.17) is 4.74 Å². The van der Waals surface area contributed by atoms with Gasteiger partial charge in [-0.3, -0.25) is 9.59 Å². The summed E-state index contributed by atoms with van der Waals surface area (Å²) in [5.74, 6) is 0.205. The van der Waals surface area contributed by atoms with Crippen molar-refractivity contribution >= 4 is 29.7 Å². The van der Waals surface area contributed by atoms with Gasteiger partial charge in [0.25, 0.3) is 0 Å². The van der Waals surface area contributed by atoms with E-state index in [1.165, 1.54) is 0 Å². The fourth-order valence-corrected chi connectivity index (χ4v) is 4.35. The lowest BCUT2D eigenvalue weighted by Crippen LogP contribution is -2.53. The molecule has 0 aromatic heterocycles. The Morgan fingerprint density at radius 1 is 1.06 bits per heavy atom. The summed E-state index contributed by atoms with van der Waals surface area (Å²) < 4.78 is 5.42. The molecule has 0 aliphatic heterocycles. The molecule has 0 fully saturated rings. The van der Waals surface area contributed by atoms with Crippen molar-refractivity contribution in [1.82, 2.24) is 15.5 Å². The van der Waals surface area contributed by atoms with Gasteiger partial charge in [0.1, 0.15) is 17.7 Å². The van der Waals surface area contributed by atoms with Gasteiger partial charge >= 0.3 is 6.09 Å². The van der Waals surface area contributed by atoms with Crippen LogP contribution in [0.15, 0.2) is 18.2 Å². The van der Waals surface area contributed by atoms with Crippen LogP contribution in [0.5, 0.6) is 0 Å². The van der Waals surface area contributed by atoms with Crippen LogP contribution in [-0.2, 0) is 14.3 Å². The summed E-state index contributed by atoms with van der Waals surface area (Å²) >= 11 is 1.60. The van der Waals surface area contributed by atoms with Crippen LogP contribution in [-0.4, -0.2) is 59.5 Å². The van der Waals surface area contributed by atoms with E-state index >= 15 is 0 Å². The summed E-state index contributed by atoms with van der Waals surface area (Å²) in [6.45, 7) is 14.3. The first-order valence-electron chi connectivity index (χ1n) is 12.6. The zero-order valence-corrected chi connectivity index (χ0v) is 23.6. The van der Waals surface area contributed by atoms with E-state index in [0.29, 0.717) is 31.7 Å². The zero-order valence-electron chi connectivity index (χ0n) is 22.8. The van der Waals surface area contributed by atoms with Crippen molar-refractivity contribution in [1.29, 1.82) is 0 Å². The lowest BCUT2D eigenvalue weighted by molar-refractivity contribution is -0.142. The number of amides is 3. The van der Waals surface area contributed by atoms with E-state index in [0.717, 1.165) is 29.5 Å². The van der Waals surface area contributed by atoms with Crippen LogP contribution in [0.1, 0.15) is 83.0 Å². The number of alkyl carbamates (subject to hydrolysis) is 1. The molecule has 7 nitrogen and oxygen atoms in total. The number of benzene rings is 1. The second-order valence-corrected chi connectivity index (χ2v) is 11.0. The Bertz CT molecular complexity index is 818. The van der Waals surface area contributed by atoms with E-state index in [1.807, 2.05) is 45.2 Å². The maximum absolute atomic E-state index is 13.9. The van der Waals surface area contributed by atoms with Gasteiger partial charge in [-0.15, -0.1) is 0 Å². The number of hydrogen-bond acceptors (Lipinski definition) is 5. The molecule has 2 N–H and O–H groups in total. The van der Waals surface area contributed by atoms with Gasteiger partial charge < -0.3 is 20.3 Å². The van der Waals surface area contributed by atoms with Gasteiger partial charge in [-0.1, -0.05) is 49.6 Å². The normalized spacial score (nSPS) is 13.0. The first kappa shape index (κ1) is 30.8. The fourth-order valence-electron chi connectivity index (χ4n) is 3.88. The summed E-state index contributed by atoms with van der Waals surface area (Å²) in [4.78, 5) is 41.6. The van der Waals surface area contributed by atoms with Crippen LogP contribution in [0.4, 0.5) is 4.79 Å². The Hall–Kier alpha value is -2.22. The molecule has 0 aliphatic rings. The minimum atomic E-state index is -0.791. The molecule has 0 bridgehead atoms. The second kappa shape index (κ2) is 15.0. The molecule has 0 radical (unpaired) electrons. The molecule has 1 aromatic carbocycles. The van der Waals surface area contributed by atoms with Crippen LogP contribution in [0, 0.1) is 13.8 Å². The van der Waals surface area contributed by atoms with Crippen molar-refractivity contribution in [3.8, 4) is 0 Å². The van der Waals surface area contributed by atoms with E-state index in [9.17, 15) is 14.4 Å². The van der Waals surface area contributed by atoms with Gasteiger partial charge in [-0.2, -0.15) is 11.8 Å². The molecule has 3 amide bonds. The van der Waals surface area contributed by atoms with Gasteiger partial charge in [-0.05, 0) is 71.5 Å². The monoisotopic (exact) mass is 507 g/mol. The van der Waals surface area contributed by atoms with Gasteiger partial charge in [-0.25, -0.2) is 4.79 Å². The quantitative estimate of drug-likeness (QED) is 0.361. The Morgan fingerprint density at radius 2 is 1.69 bits per heavy atom. The molecular formula is C27H45N3O4S. The van der Waals surface area contributed by atoms with Crippen molar-refractivity contribution < 1.29 is 19.1 Å². The molecule has 198 valence electrons. The molecule has 0 spiro atoms. The molecule has 0 aliphatic carbocycles. The second-order valence-electron chi connectivity index (χ2n) is 9.98. The Balaban J connectivity index is 3.41. The Labute approximate surface area is 216 Å². The van der Waals surface area contributed by atoms with Crippen LogP contribution in [0.2, 0.25) is 0 Å². The first-order valence-corrected chi connectivity index (χ1v) is 14.0. The summed E-state index contributed by atoms with van der Waals surface area (Å²) in [7, 11) is 0. The van der Waals surface area contributed by atoms with Gasteiger partial charge in [0.05, 0.1) is 0 Å². The lowest BCUT2D eigenvalue weighted by Gasteiger charge is -2.34. The number of aryl methyl sites for hydroxylation is 2. The van der Waals surface area contributed by atoms with Crippen molar-refractivity contribution in [3.63, 3.8) is 0 Å². The minimum absolute atomic E-state index is 0.203. The fraction of sp³-hybridized carbons (Fsp3) is 0.667. The van der Waals surface area contributed by atoms with E-state index in [2.05, 4.69) is 17.6 Å². The SMILES string of the molecule is CCCCNC(=O)C(c1cc(C)cc(C)c1)N(CCC)C(=O)C(CCSC)NC(=O)OC(C)(C)C. The maximum Gasteiger partial charge on any atom is 0.408 e. The number of ether oxygens (including phenoxy) is 1. The zero-order chi connectivity index (χ0) is 26.6. The smallest absolute Gasteiger partial charge is 0.408 e. The minimum Gasteiger partial charge on any atom is -0.444 e. The van der Waals surface area contributed by atoms with Crippen molar-refractivity contribution in [3.05, 3.63) is 34.9 Å². The number of unbranched alkanes of at least 4 members (excludes halogenated alkanes) is 1. The molecule has 8 heteroatoms. The molecule has 1 rings (SSSR count). The Kier molecular flexibility index (Phi) is 13.2. The third-order valence-corrected chi connectivity index (χ3v) is 5.94. The molecule has 0 heterocycles. The third kappa shape index (κ3) is 10.9. The summed E-state index contributed by atoms with van der Waals surface area (Å²) in [6.07, 6.45) is 4.27. The number of nitrogens with zero attached hydrogens (tertiary/aromatic N) is 1. The number of carbonyl (C=O) groups excluding carboxylic acids is 3. The molecular weight excluding hydrogens is 462 g/mol. The number of carbonyl (C=O) groups is 3. The largest absolute Gasteiger partial charge is 0.444 e. The first-order chi connectivity index (χ1) is 16.4. The average Bonchev–Trinajstić information content (AvgIpc) is 2.74. The van der Waals surface area contributed by atoms with Gasteiger partial charge in [0.15, 0.2) is 0 Å². The van der Waals surface area contributed by atoms with Crippen molar-refractivity contribution in [2.75, 3.05) is 25.1 Å². The number of rotatable bonds is 13. The molecule has 2 atom stereocenters. The predicted molar refractivity (Wildman–Crippen MR) is 145 cm³/mol. The van der Waals surface area contributed by atoms with E-state index in [-0.39, 0.29) is 11.8 Å². The highest BCUT2D eigenvalue weighted by Crippen LogP contribution is 2.26. The molecule has 1 aromatic rings. The molecule has 2 unspecified atom stereocenters. The molecule has 0 saturated heterocycles. The lowest BCUT2D eigenvalue weighted by atomic mass is 9.98. The number of nitrogens with one attached hydrogen (secondary N) is 2. The highest BCUT2D eigenvalue weighted by Gasteiger charge is 2.35. The Morgan fingerprint density at radius 3 is 2.20 bits per heavy atom. The highest BCUT2D eigenvalue weighted by atomic mass is 32.2. The van der Waals surface area contributed by atoms with Crippen LogP contribution >= 0.6 is 11.8 Å². The molecule has 35 heavy (non-hydrogen) atoms.